The van der Waals surface area contributed by atoms with Gasteiger partial charge < -0.3 is 9.45 Å². The summed E-state index contributed by atoms with van der Waals surface area (Å²) >= 11 is -1.63. The van der Waals surface area contributed by atoms with Gasteiger partial charge in [0, 0.05) is 57.0 Å². The summed E-state index contributed by atoms with van der Waals surface area (Å²) in [6, 6.07) is 7.82. The molecule has 6 nitrogen and oxygen atoms in total. The molecule has 1 amide bonds. The Kier molecular flexibility index (Phi) is 8.43. The molecule has 36 heavy (non-hydrogen) atoms. The zero-order valence-electron chi connectivity index (χ0n) is 20.5. The lowest BCUT2D eigenvalue weighted by molar-refractivity contribution is 0.0182. The molecule has 1 N–H and O–H groups in total. The van der Waals surface area contributed by atoms with E-state index in [9.17, 15) is 18.1 Å². The lowest BCUT2D eigenvalue weighted by Crippen LogP contribution is -2.49. The van der Waals surface area contributed by atoms with Crippen LogP contribution in [-0.2, 0) is 17.3 Å². The predicted molar refractivity (Wildman–Crippen MR) is 140 cm³/mol. The summed E-state index contributed by atoms with van der Waals surface area (Å²) in [5.41, 5.74) is -0.0774. The maximum absolute atomic E-state index is 14.5. The van der Waals surface area contributed by atoms with Gasteiger partial charge in [-0.2, -0.15) is 0 Å². The van der Waals surface area contributed by atoms with Crippen molar-refractivity contribution in [1.29, 1.82) is 0 Å². The van der Waals surface area contributed by atoms with Gasteiger partial charge in [0.15, 0.2) is 0 Å². The molecule has 1 unspecified atom stereocenters. The number of nitrogens with one attached hydrogen (secondary N) is 1. The number of benzene rings is 1. The molecule has 1 saturated heterocycles. The Balaban J connectivity index is 1.39. The summed E-state index contributed by atoms with van der Waals surface area (Å²) < 4.78 is 44.1. The third kappa shape index (κ3) is 7.15. The third-order valence-electron chi connectivity index (χ3n) is 6.42. The first-order chi connectivity index (χ1) is 17.2. The molecule has 2 aliphatic rings. The van der Waals surface area contributed by atoms with Crippen LogP contribution in [0.4, 0.5) is 14.5 Å². The Hall–Kier alpha value is -2.75. The SMILES string of the molecule is C=c1nccc/c1=C/C=C\C[S+]([O-])Nc1ccc(C(=O)N2CCN(CC3CC3)CC2)cc1C(C)(F)F. The first-order valence-electron chi connectivity index (χ1n) is 12.2. The molecule has 0 spiro atoms. The largest absolute Gasteiger partial charge is 0.593 e. The van der Waals surface area contributed by atoms with Gasteiger partial charge in [-0.05, 0) is 54.3 Å². The lowest BCUT2D eigenvalue weighted by atomic mass is 10.0. The molecule has 2 heterocycles. The minimum atomic E-state index is -3.21. The minimum Gasteiger partial charge on any atom is -0.593 e. The molecule has 0 bridgehead atoms. The highest BCUT2D eigenvalue weighted by Gasteiger charge is 2.32. The van der Waals surface area contributed by atoms with E-state index in [4.69, 9.17) is 0 Å². The molecule has 9 heteroatoms. The molecule has 1 saturated carbocycles. The van der Waals surface area contributed by atoms with Crippen LogP contribution in [0.1, 0.15) is 35.7 Å². The molecule has 4 rings (SSSR count). The van der Waals surface area contributed by atoms with Gasteiger partial charge in [0.25, 0.3) is 11.8 Å². The van der Waals surface area contributed by atoms with Gasteiger partial charge in [0.05, 0.1) is 22.4 Å². The van der Waals surface area contributed by atoms with Crippen molar-refractivity contribution in [2.45, 2.75) is 25.7 Å². The second-order valence-corrected chi connectivity index (χ2v) is 10.7. The van der Waals surface area contributed by atoms with Crippen LogP contribution in [0, 0.1) is 5.92 Å². The highest BCUT2D eigenvalue weighted by Crippen LogP contribution is 2.35. The number of carbonyl (C=O) groups excluding carboxylic acids is 1. The molecule has 1 aromatic carbocycles. The van der Waals surface area contributed by atoms with Gasteiger partial charge in [-0.25, -0.2) is 13.5 Å². The van der Waals surface area contributed by atoms with Crippen molar-refractivity contribution in [2.75, 3.05) is 43.2 Å². The number of aromatic nitrogens is 1. The van der Waals surface area contributed by atoms with Crippen LogP contribution < -0.4 is 15.3 Å². The van der Waals surface area contributed by atoms with Crippen molar-refractivity contribution in [3.05, 3.63) is 70.4 Å². The fraction of sp³-hybridized carbons (Fsp3) is 0.407. The van der Waals surface area contributed by atoms with E-state index in [1.807, 2.05) is 6.07 Å². The standard InChI is InChI=1S/C27H32F2N4O2S/c1-20-22(7-5-12-30-20)6-3-4-17-36(35)31-25-11-10-23(18-24(25)27(2,28)29)26(34)33-15-13-32(14-16-33)19-21-8-9-21/h3-7,10-12,18,21,31H,1,8-9,13-17,19H2,2H3/b4-3-,22-6-. The van der Waals surface area contributed by atoms with E-state index in [1.165, 1.54) is 31.0 Å². The summed E-state index contributed by atoms with van der Waals surface area (Å²) in [5, 5.41) is 1.47. The number of halogens is 2. The highest BCUT2D eigenvalue weighted by molar-refractivity contribution is 7.92. The van der Waals surface area contributed by atoms with Crippen molar-refractivity contribution < 1.29 is 18.1 Å². The van der Waals surface area contributed by atoms with Crippen LogP contribution in [0.5, 0.6) is 0 Å². The average Bonchev–Trinajstić information content (AvgIpc) is 3.66. The van der Waals surface area contributed by atoms with E-state index in [0.717, 1.165) is 37.7 Å². The summed E-state index contributed by atoms with van der Waals surface area (Å²) in [4.78, 5) is 21.2. The Morgan fingerprint density at radius 1 is 1.28 bits per heavy atom. The highest BCUT2D eigenvalue weighted by atomic mass is 32.2. The minimum absolute atomic E-state index is 0.0521. The summed E-state index contributed by atoms with van der Waals surface area (Å²) in [6.07, 6.45) is 9.43. The fourth-order valence-electron chi connectivity index (χ4n) is 4.19. The Morgan fingerprint density at radius 3 is 2.69 bits per heavy atom. The van der Waals surface area contributed by atoms with Gasteiger partial charge in [-0.1, -0.05) is 24.8 Å². The van der Waals surface area contributed by atoms with Gasteiger partial charge in [-0.15, -0.1) is 0 Å². The number of carbonyl (C=O) groups is 1. The molecule has 192 valence electrons. The van der Waals surface area contributed by atoms with Crippen molar-refractivity contribution in [2.24, 2.45) is 5.92 Å². The monoisotopic (exact) mass is 514 g/mol. The molecular weight excluding hydrogens is 482 g/mol. The van der Waals surface area contributed by atoms with Gasteiger partial charge in [0.1, 0.15) is 5.75 Å². The van der Waals surface area contributed by atoms with E-state index >= 15 is 0 Å². The average molecular weight is 515 g/mol. The third-order valence-corrected chi connectivity index (χ3v) is 7.36. The van der Waals surface area contributed by atoms with Crippen LogP contribution in [-0.4, -0.2) is 63.7 Å². The van der Waals surface area contributed by atoms with E-state index in [-0.39, 0.29) is 28.5 Å². The summed E-state index contributed by atoms with van der Waals surface area (Å²) in [6.45, 7) is 8.49. The Bertz CT molecular complexity index is 1200. The number of amides is 1. The Morgan fingerprint density at radius 2 is 2.03 bits per heavy atom. The van der Waals surface area contributed by atoms with Crippen LogP contribution in [0.3, 0.4) is 0 Å². The maximum Gasteiger partial charge on any atom is 0.272 e. The fourth-order valence-corrected chi connectivity index (χ4v) is 4.98. The number of alkyl halides is 2. The molecule has 1 aliphatic carbocycles. The zero-order chi connectivity index (χ0) is 25.7. The molecule has 1 aliphatic heterocycles. The first-order valence-corrected chi connectivity index (χ1v) is 13.5. The molecule has 2 aromatic rings. The predicted octanol–water partition coefficient (Wildman–Crippen LogP) is 2.88. The van der Waals surface area contributed by atoms with Crippen molar-refractivity contribution in [3.63, 3.8) is 0 Å². The van der Waals surface area contributed by atoms with E-state index < -0.39 is 17.3 Å². The van der Waals surface area contributed by atoms with Crippen LogP contribution in [0.2, 0.25) is 0 Å². The number of hydrogen-bond acceptors (Lipinski definition) is 5. The van der Waals surface area contributed by atoms with Gasteiger partial charge >= 0.3 is 0 Å². The Labute approximate surface area is 213 Å². The quantitative estimate of drug-likeness (QED) is 0.521. The van der Waals surface area contributed by atoms with Gasteiger partial charge in [0.2, 0.25) is 0 Å². The van der Waals surface area contributed by atoms with Crippen molar-refractivity contribution in [3.8, 4) is 0 Å². The zero-order valence-corrected chi connectivity index (χ0v) is 21.3. The second-order valence-electron chi connectivity index (χ2n) is 9.43. The number of rotatable bonds is 9. The van der Waals surface area contributed by atoms with E-state index in [1.54, 1.807) is 35.4 Å². The number of hydrogen-bond donors (Lipinski definition) is 1. The molecule has 2 fully saturated rings. The smallest absolute Gasteiger partial charge is 0.272 e. The van der Waals surface area contributed by atoms with Crippen LogP contribution in [0.15, 0.2) is 48.7 Å². The van der Waals surface area contributed by atoms with Crippen molar-refractivity contribution in [1.82, 2.24) is 14.8 Å². The van der Waals surface area contributed by atoms with Crippen LogP contribution in [0.25, 0.3) is 12.7 Å². The van der Waals surface area contributed by atoms with Crippen molar-refractivity contribution >= 4 is 35.6 Å². The number of pyridine rings is 1. The molecule has 1 aromatic heterocycles. The molecule has 1 atom stereocenters. The van der Waals surface area contributed by atoms with Crippen LogP contribution >= 0.6 is 0 Å². The number of piperazine rings is 1. The lowest BCUT2D eigenvalue weighted by Gasteiger charge is -2.35. The van der Waals surface area contributed by atoms with E-state index in [0.29, 0.717) is 18.4 Å². The summed E-state index contributed by atoms with van der Waals surface area (Å²) in [5.74, 6) is -2.55. The topological polar surface area (TPSA) is 71.5 Å². The maximum atomic E-state index is 14.5. The normalized spacial score (nSPS) is 18.6. The second kappa shape index (κ2) is 11.5. The summed E-state index contributed by atoms with van der Waals surface area (Å²) in [7, 11) is 0. The molecule has 0 radical (unpaired) electrons. The van der Waals surface area contributed by atoms with E-state index in [2.05, 4.69) is 21.2 Å². The molecular formula is C27H32F2N4O2S. The number of allylic oxidation sites excluding steroid dienone is 1. The first kappa shape index (κ1) is 26.3. The number of anilines is 1. The van der Waals surface area contributed by atoms with Gasteiger partial charge in [-0.3, -0.25) is 14.7 Å². The number of nitrogens with zero attached hydrogens (tertiary/aromatic N) is 3.